The number of fused-ring (bicyclic) bond motifs is 2. The van der Waals surface area contributed by atoms with Crippen LogP contribution in [-0.4, -0.2) is 34.5 Å². The van der Waals surface area contributed by atoms with Crippen LogP contribution in [0.3, 0.4) is 0 Å². The van der Waals surface area contributed by atoms with E-state index in [-0.39, 0.29) is 11.5 Å². The lowest BCUT2D eigenvalue weighted by atomic mass is 10.1. The molecule has 0 radical (unpaired) electrons. The summed E-state index contributed by atoms with van der Waals surface area (Å²) in [4.78, 5) is 30.8. The van der Waals surface area contributed by atoms with Crippen molar-refractivity contribution in [2.75, 3.05) is 14.2 Å². The van der Waals surface area contributed by atoms with Crippen molar-refractivity contribution in [3.8, 4) is 0 Å². The lowest BCUT2D eigenvalue weighted by molar-refractivity contribution is -0.150. The molecule has 1 amide bonds. The van der Waals surface area contributed by atoms with Crippen LogP contribution in [0.1, 0.15) is 25.0 Å². The molecule has 1 aromatic heterocycles. The van der Waals surface area contributed by atoms with Gasteiger partial charge in [-0.1, -0.05) is 12.1 Å². The molecule has 104 valence electrons. The van der Waals surface area contributed by atoms with E-state index >= 15 is 0 Å². The van der Waals surface area contributed by atoms with Gasteiger partial charge in [0.15, 0.2) is 12.1 Å². The van der Waals surface area contributed by atoms with E-state index < -0.39 is 12.3 Å². The third-order valence-electron chi connectivity index (χ3n) is 3.72. The predicted octanol–water partition coefficient (Wildman–Crippen LogP) is 1.07. The number of aromatic nitrogens is 2. The number of amides is 1. The summed E-state index contributed by atoms with van der Waals surface area (Å²) < 4.78 is 6.76. The third-order valence-corrected chi connectivity index (χ3v) is 3.72. The summed E-state index contributed by atoms with van der Waals surface area (Å²) in [5.74, 6) is 0.300. The quantitative estimate of drug-likeness (QED) is 0.779. The maximum absolute atomic E-state index is 12.6. The molecular weight excluding hydrogens is 258 g/mol. The Bertz CT molecular complexity index is 753. The topological polar surface area (TPSA) is 64.4 Å². The molecule has 0 spiro atoms. The van der Waals surface area contributed by atoms with Gasteiger partial charge in [0.05, 0.1) is 10.9 Å². The van der Waals surface area contributed by atoms with Gasteiger partial charge in [-0.2, -0.15) is 0 Å². The number of rotatable bonds is 1. The molecule has 2 heterocycles. The second-order valence-corrected chi connectivity index (χ2v) is 4.88. The van der Waals surface area contributed by atoms with Gasteiger partial charge in [-0.25, -0.2) is 4.98 Å². The van der Waals surface area contributed by atoms with Crippen LogP contribution in [0.5, 0.6) is 0 Å². The summed E-state index contributed by atoms with van der Waals surface area (Å²) in [6, 6.07) is 6.54. The van der Waals surface area contributed by atoms with Crippen LogP contribution in [0.25, 0.3) is 10.9 Å². The Morgan fingerprint density at radius 3 is 2.65 bits per heavy atom. The average Bonchev–Trinajstić information content (AvgIpc) is 2.45. The SMILES string of the molecule is CO[C@H]1c2nc3ccccc3c(=O)n2[C@@H](C)C(=O)N1C. The fraction of sp³-hybridized carbons (Fsp3) is 0.357. The first-order chi connectivity index (χ1) is 9.56. The van der Waals surface area contributed by atoms with Crippen LogP contribution in [-0.2, 0) is 9.53 Å². The Balaban J connectivity index is 2.40. The molecule has 2 aromatic rings. The van der Waals surface area contributed by atoms with Crippen molar-refractivity contribution in [1.29, 1.82) is 0 Å². The molecule has 0 fully saturated rings. The Labute approximate surface area is 115 Å². The Kier molecular flexibility index (Phi) is 2.83. The number of hydrogen-bond acceptors (Lipinski definition) is 4. The number of nitrogens with zero attached hydrogens (tertiary/aromatic N) is 3. The van der Waals surface area contributed by atoms with Crippen LogP contribution < -0.4 is 5.56 Å². The van der Waals surface area contributed by atoms with E-state index in [0.29, 0.717) is 16.7 Å². The Morgan fingerprint density at radius 2 is 1.95 bits per heavy atom. The molecule has 0 N–H and O–H groups in total. The molecule has 0 unspecified atom stereocenters. The largest absolute Gasteiger partial charge is 0.354 e. The third kappa shape index (κ3) is 1.58. The van der Waals surface area contributed by atoms with E-state index in [1.165, 1.54) is 16.6 Å². The molecule has 6 heteroatoms. The van der Waals surface area contributed by atoms with Gasteiger partial charge in [0, 0.05) is 14.2 Å². The first-order valence-corrected chi connectivity index (χ1v) is 6.37. The molecule has 2 atom stereocenters. The van der Waals surface area contributed by atoms with Gasteiger partial charge in [0.25, 0.3) is 5.56 Å². The molecular formula is C14H15N3O3. The zero-order chi connectivity index (χ0) is 14.4. The van der Waals surface area contributed by atoms with E-state index in [9.17, 15) is 9.59 Å². The number of carbonyl (C=O) groups excluding carboxylic acids is 1. The highest BCUT2D eigenvalue weighted by molar-refractivity contribution is 5.83. The predicted molar refractivity (Wildman–Crippen MR) is 73.2 cm³/mol. The number of para-hydroxylation sites is 1. The molecule has 0 saturated heterocycles. The maximum Gasteiger partial charge on any atom is 0.262 e. The van der Waals surface area contributed by atoms with Gasteiger partial charge in [-0.05, 0) is 19.1 Å². The minimum Gasteiger partial charge on any atom is -0.354 e. The molecule has 0 aliphatic carbocycles. The maximum atomic E-state index is 12.6. The van der Waals surface area contributed by atoms with Gasteiger partial charge in [-0.15, -0.1) is 0 Å². The lowest BCUT2D eigenvalue weighted by Gasteiger charge is -2.36. The average molecular weight is 273 g/mol. The summed E-state index contributed by atoms with van der Waals surface area (Å²) >= 11 is 0. The number of carbonyl (C=O) groups is 1. The van der Waals surface area contributed by atoms with Crippen LogP contribution in [0, 0.1) is 0 Å². The Hall–Kier alpha value is -2.21. The van der Waals surface area contributed by atoms with Crippen molar-refractivity contribution < 1.29 is 9.53 Å². The number of ether oxygens (including phenoxy) is 1. The fourth-order valence-electron chi connectivity index (χ4n) is 2.67. The van der Waals surface area contributed by atoms with Gasteiger partial charge in [0.2, 0.25) is 5.91 Å². The van der Waals surface area contributed by atoms with E-state index in [0.717, 1.165) is 0 Å². The number of likely N-dealkylation sites (N-methyl/N-ethyl adjacent to an activating group) is 1. The van der Waals surface area contributed by atoms with Crippen molar-refractivity contribution >= 4 is 16.8 Å². The van der Waals surface area contributed by atoms with Crippen molar-refractivity contribution in [2.24, 2.45) is 0 Å². The summed E-state index contributed by atoms with van der Waals surface area (Å²) in [7, 11) is 3.15. The zero-order valence-electron chi connectivity index (χ0n) is 11.5. The molecule has 3 rings (SSSR count). The minimum absolute atomic E-state index is 0.163. The molecule has 0 bridgehead atoms. The van der Waals surface area contributed by atoms with Crippen molar-refractivity contribution in [3.63, 3.8) is 0 Å². The molecule has 1 aliphatic rings. The van der Waals surface area contributed by atoms with Crippen molar-refractivity contribution in [2.45, 2.75) is 19.2 Å². The highest BCUT2D eigenvalue weighted by atomic mass is 16.5. The highest BCUT2D eigenvalue weighted by Crippen LogP contribution is 2.28. The first-order valence-electron chi connectivity index (χ1n) is 6.37. The van der Waals surface area contributed by atoms with Gasteiger partial charge >= 0.3 is 0 Å². The van der Waals surface area contributed by atoms with Gasteiger partial charge < -0.3 is 9.64 Å². The lowest BCUT2D eigenvalue weighted by Crippen LogP contribution is -2.48. The van der Waals surface area contributed by atoms with E-state index in [4.69, 9.17) is 4.74 Å². The summed E-state index contributed by atoms with van der Waals surface area (Å²) in [5.41, 5.74) is 0.405. The zero-order valence-corrected chi connectivity index (χ0v) is 11.5. The van der Waals surface area contributed by atoms with Crippen LogP contribution in [0.15, 0.2) is 29.1 Å². The van der Waals surface area contributed by atoms with E-state index in [1.807, 2.05) is 6.07 Å². The van der Waals surface area contributed by atoms with E-state index in [2.05, 4.69) is 4.98 Å². The number of methoxy groups -OCH3 is 1. The van der Waals surface area contributed by atoms with Crippen LogP contribution >= 0.6 is 0 Å². The van der Waals surface area contributed by atoms with Crippen molar-refractivity contribution in [1.82, 2.24) is 14.5 Å². The first kappa shape index (κ1) is 12.8. The molecule has 1 aromatic carbocycles. The smallest absolute Gasteiger partial charge is 0.262 e. The molecule has 6 nitrogen and oxygen atoms in total. The molecule has 1 aliphatic heterocycles. The normalized spacial score (nSPS) is 22.1. The van der Waals surface area contributed by atoms with Crippen molar-refractivity contribution in [3.05, 3.63) is 40.4 Å². The Morgan fingerprint density at radius 1 is 1.25 bits per heavy atom. The van der Waals surface area contributed by atoms with Gasteiger partial charge in [0.1, 0.15) is 6.04 Å². The fourth-order valence-corrected chi connectivity index (χ4v) is 2.67. The van der Waals surface area contributed by atoms with Crippen LogP contribution in [0.4, 0.5) is 0 Å². The molecule has 0 saturated carbocycles. The standard InChI is InChI=1S/C14H15N3O3/c1-8-12(18)16(2)14(20-3)11-15-10-7-5-4-6-9(10)13(19)17(8)11/h4-8,14H,1-3H3/t8-,14-/m0/s1. The van der Waals surface area contributed by atoms with Gasteiger partial charge in [-0.3, -0.25) is 14.2 Å². The number of hydrogen-bond donors (Lipinski definition) is 0. The number of benzene rings is 1. The summed E-state index contributed by atoms with van der Waals surface area (Å²) in [6.07, 6.45) is -0.643. The summed E-state index contributed by atoms with van der Waals surface area (Å²) in [6.45, 7) is 1.70. The second kappa shape index (κ2) is 4.42. The van der Waals surface area contributed by atoms with E-state index in [1.54, 1.807) is 32.2 Å². The van der Waals surface area contributed by atoms with Crippen LogP contribution in [0.2, 0.25) is 0 Å². The second-order valence-electron chi connectivity index (χ2n) is 4.88. The summed E-state index contributed by atoms with van der Waals surface area (Å²) in [5, 5.41) is 0.510. The monoisotopic (exact) mass is 273 g/mol. The highest BCUT2D eigenvalue weighted by Gasteiger charge is 2.37. The molecule has 20 heavy (non-hydrogen) atoms. The minimum atomic E-state index is -0.643.